The third-order valence-electron chi connectivity index (χ3n) is 5.44. The van der Waals surface area contributed by atoms with Crippen LogP contribution in [0.15, 0.2) is 12.2 Å². The second-order valence-electron chi connectivity index (χ2n) is 7.57. The van der Waals surface area contributed by atoms with E-state index >= 15 is 0 Å². The van der Waals surface area contributed by atoms with Crippen LogP contribution in [0.2, 0.25) is 0 Å². The van der Waals surface area contributed by atoms with Crippen LogP contribution in [-0.2, 0) is 19.1 Å². The van der Waals surface area contributed by atoms with Crippen molar-refractivity contribution < 1.29 is 19.1 Å². The molecule has 0 heterocycles. The third-order valence-corrected chi connectivity index (χ3v) is 6.00. The second kappa shape index (κ2) is 14.0. The van der Waals surface area contributed by atoms with E-state index in [0.29, 0.717) is 31.5 Å². The molecule has 27 heavy (non-hydrogen) atoms. The highest BCUT2D eigenvalue weighted by Crippen LogP contribution is 2.38. The van der Waals surface area contributed by atoms with Crippen LogP contribution in [0.5, 0.6) is 0 Å². The molecule has 1 saturated carbocycles. The van der Waals surface area contributed by atoms with Crippen molar-refractivity contribution in [2.75, 3.05) is 7.11 Å². The number of hydrogen-bond donors (Lipinski definition) is 1. The van der Waals surface area contributed by atoms with E-state index in [-0.39, 0.29) is 28.8 Å². The zero-order chi connectivity index (χ0) is 20.1. The smallest absolute Gasteiger partial charge is 0.305 e. The van der Waals surface area contributed by atoms with E-state index in [0.717, 1.165) is 51.4 Å². The van der Waals surface area contributed by atoms with Crippen LogP contribution < -0.4 is 0 Å². The lowest BCUT2D eigenvalue weighted by Gasteiger charge is -2.20. The number of esters is 1. The summed E-state index contributed by atoms with van der Waals surface area (Å²) < 4.78 is 4.62. The molecule has 0 amide bonds. The number of Topliss-reactive ketones (excluding diaryl/α,β-unsaturated/α-hetero) is 2. The van der Waals surface area contributed by atoms with E-state index in [1.807, 2.05) is 0 Å². The Bertz CT molecular complexity index is 501. The third kappa shape index (κ3) is 9.59. The van der Waals surface area contributed by atoms with E-state index in [9.17, 15) is 14.4 Å². The lowest BCUT2D eigenvalue weighted by molar-refractivity contribution is -0.140. The molecule has 0 bridgehead atoms. The Morgan fingerprint density at radius 1 is 1.11 bits per heavy atom. The number of methoxy groups -OCH3 is 1. The number of ketones is 2. The van der Waals surface area contributed by atoms with Crippen molar-refractivity contribution in [3.63, 3.8) is 0 Å². The van der Waals surface area contributed by atoms with Gasteiger partial charge in [0.05, 0.1) is 7.11 Å². The van der Waals surface area contributed by atoms with Gasteiger partial charge in [-0.3, -0.25) is 14.4 Å². The fourth-order valence-corrected chi connectivity index (χ4v) is 4.27. The molecular weight excluding hydrogens is 360 g/mol. The first-order valence-electron chi connectivity index (χ1n) is 10.4. The van der Waals surface area contributed by atoms with Crippen molar-refractivity contribution in [1.29, 1.82) is 0 Å². The Labute approximate surface area is 169 Å². The number of rotatable bonds is 14. The highest BCUT2D eigenvalue weighted by atomic mass is 32.1. The highest BCUT2D eigenvalue weighted by Gasteiger charge is 2.39. The van der Waals surface area contributed by atoms with Crippen LogP contribution in [0.3, 0.4) is 0 Å². The van der Waals surface area contributed by atoms with E-state index in [4.69, 9.17) is 0 Å². The van der Waals surface area contributed by atoms with Crippen LogP contribution in [0, 0.1) is 11.8 Å². The summed E-state index contributed by atoms with van der Waals surface area (Å²) in [6, 6.07) is 0. The Morgan fingerprint density at radius 2 is 1.85 bits per heavy atom. The van der Waals surface area contributed by atoms with E-state index < -0.39 is 0 Å². The first-order chi connectivity index (χ1) is 13.0. The minimum absolute atomic E-state index is 0.00209. The number of carbonyl (C=O) groups excluding carboxylic acids is 3. The van der Waals surface area contributed by atoms with Gasteiger partial charge in [-0.15, -0.1) is 0 Å². The molecule has 0 aromatic carbocycles. The fraction of sp³-hybridized carbons (Fsp3) is 0.773. The summed E-state index contributed by atoms with van der Waals surface area (Å²) in [7, 11) is 1.41. The Morgan fingerprint density at radius 3 is 2.56 bits per heavy atom. The predicted octanol–water partition coefficient (Wildman–Crippen LogP) is 5.10. The number of ether oxygens (including phenoxy) is 1. The molecule has 1 aliphatic carbocycles. The van der Waals surface area contributed by atoms with E-state index in [1.54, 1.807) is 0 Å². The number of carbonyl (C=O) groups is 3. The Balaban J connectivity index is 2.33. The molecule has 5 heteroatoms. The molecule has 0 N–H and O–H groups in total. The topological polar surface area (TPSA) is 60.4 Å². The molecule has 154 valence electrons. The first kappa shape index (κ1) is 23.9. The largest absolute Gasteiger partial charge is 0.469 e. The van der Waals surface area contributed by atoms with Crippen LogP contribution in [0.4, 0.5) is 0 Å². The van der Waals surface area contributed by atoms with Crippen LogP contribution in [-0.4, -0.2) is 29.9 Å². The molecule has 2 unspecified atom stereocenters. The number of unbranched alkanes of at least 4 members (excludes halogenated alkanes) is 4. The maximum absolute atomic E-state index is 12.3. The molecule has 0 aliphatic heterocycles. The van der Waals surface area contributed by atoms with Gasteiger partial charge in [-0.25, -0.2) is 0 Å². The van der Waals surface area contributed by atoms with Gasteiger partial charge in [0, 0.05) is 36.9 Å². The average molecular weight is 397 g/mol. The molecule has 1 fully saturated rings. The standard InChI is InChI=1S/C22H36O4S/c1-3-4-8-11-17(23)14-15-19-18(20(24)16-21(19)27)12-9-6-5-7-10-13-22(25)26-2/h6,9,18-19,21,27H,3-5,7-8,10-16H2,1-2H3/b9-6-/t18?,19?,21-/m1/s1. The summed E-state index contributed by atoms with van der Waals surface area (Å²) in [5.41, 5.74) is 0. The van der Waals surface area contributed by atoms with Crippen molar-refractivity contribution in [2.24, 2.45) is 11.8 Å². The lowest BCUT2D eigenvalue weighted by atomic mass is 9.87. The molecule has 3 atom stereocenters. The number of allylic oxidation sites excluding steroid dienone is 2. The molecule has 0 aromatic rings. The van der Waals surface area contributed by atoms with E-state index in [1.165, 1.54) is 7.11 Å². The van der Waals surface area contributed by atoms with Crippen molar-refractivity contribution in [3.8, 4) is 0 Å². The maximum atomic E-state index is 12.3. The molecule has 0 saturated heterocycles. The molecule has 4 nitrogen and oxygen atoms in total. The summed E-state index contributed by atoms with van der Waals surface area (Å²) in [5, 5.41) is 0.0828. The van der Waals surface area contributed by atoms with Crippen molar-refractivity contribution >= 4 is 30.2 Å². The van der Waals surface area contributed by atoms with Gasteiger partial charge in [-0.1, -0.05) is 31.9 Å². The molecule has 0 aromatic heterocycles. The van der Waals surface area contributed by atoms with Gasteiger partial charge in [-0.2, -0.15) is 12.6 Å². The molecule has 0 spiro atoms. The zero-order valence-electron chi connectivity index (χ0n) is 17.0. The van der Waals surface area contributed by atoms with Crippen molar-refractivity contribution in [1.82, 2.24) is 0 Å². The Hall–Kier alpha value is -1.10. The minimum Gasteiger partial charge on any atom is -0.469 e. The van der Waals surface area contributed by atoms with Gasteiger partial charge in [0.25, 0.3) is 0 Å². The van der Waals surface area contributed by atoms with Crippen molar-refractivity contribution in [3.05, 3.63) is 12.2 Å². The lowest BCUT2D eigenvalue weighted by Crippen LogP contribution is -2.19. The summed E-state index contributed by atoms with van der Waals surface area (Å²) in [5.74, 6) is 0.654. The molecular formula is C22H36O4S. The normalized spacial score (nSPS) is 22.5. The number of hydrogen-bond acceptors (Lipinski definition) is 5. The number of thiol groups is 1. The highest BCUT2D eigenvalue weighted by molar-refractivity contribution is 7.81. The summed E-state index contributed by atoms with van der Waals surface area (Å²) >= 11 is 4.61. The maximum Gasteiger partial charge on any atom is 0.305 e. The first-order valence-corrected chi connectivity index (χ1v) is 11.0. The molecule has 1 aliphatic rings. The second-order valence-corrected chi connectivity index (χ2v) is 8.23. The molecule has 1 rings (SSSR count). The summed E-state index contributed by atoms with van der Waals surface area (Å²) in [6.07, 6.45) is 13.8. The van der Waals surface area contributed by atoms with Gasteiger partial charge in [0.1, 0.15) is 11.6 Å². The monoisotopic (exact) mass is 396 g/mol. The SMILES string of the molecule is CCCCCC(=O)CCC1C(C/C=C\CCCCC(=O)OC)C(=O)C[C@H]1S. The fourth-order valence-electron chi connectivity index (χ4n) is 3.73. The van der Waals surface area contributed by atoms with E-state index in [2.05, 4.69) is 36.4 Å². The van der Waals surface area contributed by atoms with Gasteiger partial charge in [0.2, 0.25) is 0 Å². The van der Waals surface area contributed by atoms with Gasteiger partial charge >= 0.3 is 5.97 Å². The summed E-state index contributed by atoms with van der Waals surface area (Å²) in [4.78, 5) is 35.4. The predicted molar refractivity (Wildman–Crippen MR) is 112 cm³/mol. The molecule has 0 radical (unpaired) electrons. The Kier molecular flexibility index (Phi) is 12.4. The summed E-state index contributed by atoms with van der Waals surface area (Å²) in [6.45, 7) is 2.14. The average Bonchev–Trinajstić information content (AvgIpc) is 2.91. The zero-order valence-corrected chi connectivity index (χ0v) is 17.8. The van der Waals surface area contributed by atoms with Gasteiger partial charge in [-0.05, 0) is 44.4 Å². The quantitative estimate of drug-likeness (QED) is 0.192. The van der Waals surface area contributed by atoms with Crippen LogP contribution >= 0.6 is 12.6 Å². The van der Waals surface area contributed by atoms with Crippen molar-refractivity contribution in [2.45, 2.75) is 89.2 Å². The van der Waals surface area contributed by atoms with Crippen LogP contribution in [0.25, 0.3) is 0 Å². The van der Waals surface area contributed by atoms with Gasteiger partial charge < -0.3 is 4.74 Å². The van der Waals surface area contributed by atoms with Crippen LogP contribution in [0.1, 0.15) is 84.0 Å². The van der Waals surface area contributed by atoms with Gasteiger partial charge in [0.15, 0.2) is 0 Å². The minimum atomic E-state index is -0.164.